The zero-order valence-corrected chi connectivity index (χ0v) is 11.8. The number of ether oxygens (including phenoxy) is 1. The van der Waals surface area contributed by atoms with Crippen molar-refractivity contribution in [1.29, 1.82) is 0 Å². The lowest BCUT2D eigenvalue weighted by Gasteiger charge is -2.07. The van der Waals surface area contributed by atoms with Crippen molar-refractivity contribution in [2.45, 2.75) is 0 Å². The van der Waals surface area contributed by atoms with E-state index in [0.717, 1.165) is 17.2 Å². The molecule has 0 saturated carbocycles. The molecule has 1 heterocycles. The molecule has 2 rings (SSSR count). The Morgan fingerprint density at radius 2 is 2.19 bits per heavy atom. The molecule has 1 N–H and O–H groups in total. The summed E-state index contributed by atoms with van der Waals surface area (Å²) in [4.78, 5) is 22.4. The predicted molar refractivity (Wildman–Crippen MR) is 75.2 cm³/mol. The van der Waals surface area contributed by atoms with Crippen molar-refractivity contribution in [2.24, 2.45) is 0 Å². The van der Waals surface area contributed by atoms with Gasteiger partial charge in [0.1, 0.15) is 18.1 Å². The molecular weight excluding hydrogens is 323 g/mol. The van der Waals surface area contributed by atoms with E-state index in [4.69, 9.17) is 27.9 Å². The number of benzene rings is 1. The summed E-state index contributed by atoms with van der Waals surface area (Å²) in [5.41, 5.74) is 2.06. The van der Waals surface area contributed by atoms with Gasteiger partial charge in [-0.15, -0.1) is 0 Å². The SMILES string of the molecule is O=C(COc1ccc(Cl)c(Cl)c1)Nn1cc([N+](=O)[O-])cn1. The fraction of sp³-hybridized carbons (Fsp3) is 0.0909. The number of carbonyl (C=O) groups excluding carboxylic acids is 1. The first-order valence-electron chi connectivity index (χ1n) is 5.52. The number of nitrogens with one attached hydrogen (secondary N) is 1. The lowest BCUT2D eigenvalue weighted by molar-refractivity contribution is -0.384. The molecule has 21 heavy (non-hydrogen) atoms. The summed E-state index contributed by atoms with van der Waals surface area (Å²) in [6.07, 6.45) is 2.08. The standard InChI is InChI=1S/C11H8Cl2N4O4/c12-9-2-1-8(3-10(9)13)21-6-11(18)15-16-5-7(4-14-16)17(19)20/h1-5H,6H2,(H,15,18). The molecule has 0 bridgehead atoms. The molecule has 10 heteroatoms. The number of nitro groups is 1. The third-order valence-corrected chi connectivity index (χ3v) is 3.02. The van der Waals surface area contributed by atoms with E-state index in [1.54, 1.807) is 6.07 Å². The minimum Gasteiger partial charge on any atom is -0.484 e. The molecule has 110 valence electrons. The van der Waals surface area contributed by atoms with Crippen LogP contribution in [0.15, 0.2) is 30.6 Å². The van der Waals surface area contributed by atoms with Crippen molar-refractivity contribution in [1.82, 2.24) is 9.89 Å². The molecule has 8 nitrogen and oxygen atoms in total. The van der Waals surface area contributed by atoms with E-state index in [9.17, 15) is 14.9 Å². The number of hydrogen-bond acceptors (Lipinski definition) is 5. The van der Waals surface area contributed by atoms with Crippen LogP contribution in [0.5, 0.6) is 5.75 Å². The Kier molecular flexibility index (Phi) is 4.61. The van der Waals surface area contributed by atoms with Crippen LogP contribution in [0, 0.1) is 10.1 Å². The minimum atomic E-state index is -0.623. The summed E-state index contributed by atoms with van der Waals surface area (Å²) in [5.74, 6) is -0.176. The number of carbonyl (C=O) groups is 1. The number of nitrogens with zero attached hydrogens (tertiary/aromatic N) is 3. The molecule has 0 spiro atoms. The molecular formula is C11H8Cl2N4O4. The highest BCUT2D eigenvalue weighted by Gasteiger charge is 2.11. The quantitative estimate of drug-likeness (QED) is 0.669. The first kappa shape index (κ1) is 15.1. The smallest absolute Gasteiger partial charge is 0.309 e. The molecule has 0 saturated heterocycles. The van der Waals surface area contributed by atoms with Crippen LogP contribution >= 0.6 is 23.2 Å². The summed E-state index contributed by atoms with van der Waals surface area (Å²) in [6, 6.07) is 4.56. The third-order valence-electron chi connectivity index (χ3n) is 2.28. The van der Waals surface area contributed by atoms with Crippen LogP contribution in [-0.4, -0.2) is 27.3 Å². The van der Waals surface area contributed by atoms with Gasteiger partial charge in [-0.25, -0.2) is 5.43 Å². The van der Waals surface area contributed by atoms with E-state index in [1.807, 2.05) is 0 Å². The Bertz CT molecular complexity index is 689. The van der Waals surface area contributed by atoms with Gasteiger partial charge in [-0.1, -0.05) is 23.2 Å². The molecule has 2 aromatic rings. The van der Waals surface area contributed by atoms with Crippen molar-refractivity contribution < 1.29 is 14.5 Å². The van der Waals surface area contributed by atoms with Gasteiger partial charge in [0.15, 0.2) is 6.61 Å². The number of rotatable bonds is 5. The molecule has 0 atom stereocenters. The van der Waals surface area contributed by atoms with Crippen molar-refractivity contribution in [2.75, 3.05) is 12.0 Å². The van der Waals surface area contributed by atoms with Crippen LogP contribution in [0.3, 0.4) is 0 Å². The zero-order chi connectivity index (χ0) is 15.4. The van der Waals surface area contributed by atoms with Gasteiger partial charge >= 0.3 is 5.69 Å². The second kappa shape index (κ2) is 6.42. The van der Waals surface area contributed by atoms with Crippen LogP contribution in [-0.2, 0) is 4.79 Å². The maximum Gasteiger partial charge on any atom is 0.309 e. The molecule has 0 fully saturated rings. The van der Waals surface area contributed by atoms with Gasteiger partial charge in [0.25, 0.3) is 5.91 Å². The van der Waals surface area contributed by atoms with Crippen LogP contribution in [0.1, 0.15) is 0 Å². The minimum absolute atomic E-state index is 0.235. The highest BCUT2D eigenvalue weighted by Crippen LogP contribution is 2.26. The van der Waals surface area contributed by atoms with Crippen LogP contribution in [0.2, 0.25) is 10.0 Å². The largest absolute Gasteiger partial charge is 0.484 e. The van der Waals surface area contributed by atoms with Gasteiger partial charge in [-0.05, 0) is 12.1 Å². The molecule has 1 aromatic carbocycles. The lowest BCUT2D eigenvalue weighted by atomic mass is 10.3. The summed E-state index contributed by atoms with van der Waals surface area (Å²) in [5, 5.41) is 14.7. The second-order valence-electron chi connectivity index (χ2n) is 3.80. The number of hydrogen-bond donors (Lipinski definition) is 1. The molecule has 1 aromatic heterocycles. The third kappa shape index (κ3) is 4.07. The lowest BCUT2D eigenvalue weighted by Crippen LogP contribution is -2.28. The molecule has 0 aliphatic carbocycles. The average Bonchev–Trinajstić information content (AvgIpc) is 2.89. The van der Waals surface area contributed by atoms with E-state index in [-0.39, 0.29) is 12.3 Å². The summed E-state index contributed by atoms with van der Waals surface area (Å²) in [6.45, 7) is -0.314. The number of amides is 1. The molecule has 0 radical (unpaired) electrons. The average molecular weight is 331 g/mol. The van der Waals surface area contributed by atoms with Crippen LogP contribution in [0.25, 0.3) is 0 Å². The van der Waals surface area contributed by atoms with Crippen molar-refractivity contribution >= 4 is 34.8 Å². The first-order chi connectivity index (χ1) is 9.95. The number of halogens is 2. The van der Waals surface area contributed by atoms with Crippen molar-refractivity contribution in [3.05, 3.63) is 50.8 Å². The Labute approximate surface area is 128 Å². The van der Waals surface area contributed by atoms with Crippen molar-refractivity contribution in [3.8, 4) is 5.75 Å². The summed E-state index contributed by atoms with van der Waals surface area (Å²) in [7, 11) is 0. The topological polar surface area (TPSA) is 99.3 Å². The van der Waals surface area contributed by atoms with Gasteiger partial charge in [-0.2, -0.15) is 9.89 Å². The summed E-state index contributed by atoms with van der Waals surface area (Å²) < 4.78 is 5.20. The first-order valence-corrected chi connectivity index (χ1v) is 6.28. The van der Waals surface area contributed by atoms with E-state index in [0.29, 0.717) is 15.8 Å². The van der Waals surface area contributed by atoms with Crippen molar-refractivity contribution in [3.63, 3.8) is 0 Å². The van der Waals surface area contributed by atoms with E-state index < -0.39 is 10.8 Å². The normalized spacial score (nSPS) is 10.2. The maximum absolute atomic E-state index is 11.6. The number of aromatic nitrogens is 2. The molecule has 0 aliphatic rings. The molecule has 1 amide bonds. The molecule has 0 aliphatic heterocycles. The predicted octanol–water partition coefficient (Wildman–Crippen LogP) is 2.25. The van der Waals surface area contributed by atoms with Crippen LogP contribution in [0.4, 0.5) is 5.69 Å². The highest BCUT2D eigenvalue weighted by atomic mass is 35.5. The maximum atomic E-state index is 11.6. The van der Waals surface area contributed by atoms with E-state index in [2.05, 4.69) is 10.5 Å². The fourth-order valence-electron chi connectivity index (χ4n) is 1.34. The zero-order valence-electron chi connectivity index (χ0n) is 10.3. The van der Waals surface area contributed by atoms with Gasteiger partial charge in [0, 0.05) is 6.07 Å². The van der Waals surface area contributed by atoms with Gasteiger partial charge < -0.3 is 4.74 Å². The Balaban J connectivity index is 1.89. The van der Waals surface area contributed by atoms with E-state index >= 15 is 0 Å². The van der Waals surface area contributed by atoms with Gasteiger partial charge in [-0.3, -0.25) is 14.9 Å². The van der Waals surface area contributed by atoms with E-state index in [1.165, 1.54) is 12.1 Å². The Morgan fingerprint density at radius 3 is 2.81 bits per heavy atom. The fourth-order valence-corrected chi connectivity index (χ4v) is 1.63. The monoisotopic (exact) mass is 330 g/mol. The second-order valence-corrected chi connectivity index (χ2v) is 4.61. The summed E-state index contributed by atoms with van der Waals surface area (Å²) >= 11 is 11.5. The van der Waals surface area contributed by atoms with Gasteiger partial charge in [0.2, 0.25) is 0 Å². The molecule has 0 unspecified atom stereocenters. The Morgan fingerprint density at radius 1 is 1.43 bits per heavy atom. The highest BCUT2D eigenvalue weighted by molar-refractivity contribution is 6.42. The van der Waals surface area contributed by atoms with Crippen LogP contribution < -0.4 is 10.2 Å². The Hall–Kier alpha value is -2.32. The van der Waals surface area contributed by atoms with Gasteiger partial charge in [0.05, 0.1) is 15.0 Å².